The van der Waals surface area contributed by atoms with Crippen LogP contribution in [0.5, 0.6) is 0 Å². The zero-order chi connectivity index (χ0) is 12.4. The Morgan fingerprint density at radius 3 is 2.76 bits per heavy atom. The Kier molecular flexibility index (Phi) is 2.95. The highest BCUT2D eigenvalue weighted by molar-refractivity contribution is 5.93. The van der Waals surface area contributed by atoms with Gasteiger partial charge >= 0.3 is 5.97 Å². The van der Waals surface area contributed by atoms with Gasteiger partial charge in [-0.2, -0.15) is 0 Å². The molecule has 0 radical (unpaired) electrons. The van der Waals surface area contributed by atoms with Gasteiger partial charge in [0.15, 0.2) is 0 Å². The molecule has 4 heteroatoms. The number of esters is 1. The molecule has 0 aliphatic carbocycles. The van der Waals surface area contributed by atoms with Gasteiger partial charge in [-0.3, -0.25) is 4.79 Å². The predicted molar refractivity (Wildman–Crippen MR) is 65.3 cm³/mol. The Labute approximate surface area is 98.2 Å². The van der Waals surface area contributed by atoms with E-state index in [4.69, 9.17) is 0 Å². The fourth-order valence-electron chi connectivity index (χ4n) is 1.73. The number of pyridine rings is 1. The standard InChI is InChI=1S/C13H13NO3/c1-3-8-4-5-9-7-10(13(16)17-2)12(15)14-11(9)6-8/h4-7H,3H2,1-2H3,(H,14,15). The Morgan fingerprint density at radius 2 is 2.12 bits per heavy atom. The minimum Gasteiger partial charge on any atom is -0.465 e. The monoisotopic (exact) mass is 231 g/mol. The van der Waals surface area contributed by atoms with Gasteiger partial charge in [-0.05, 0) is 29.5 Å². The molecule has 0 fully saturated rings. The number of carbonyl (C=O) groups excluding carboxylic acids is 1. The van der Waals surface area contributed by atoms with E-state index in [1.807, 2.05) is 25.1 Å². The van der Waals surface area contributed by atoms with Crippen molar-refractivity contribution in [2.45, 2.75) is 13.3 Å². The van der Waals surface area contributed by atoms with Crippen LogP contribution < -0.4 is 5.56 Å². The molecule has 0 saturated heterocycles. The number of hydrogen-bond donors (Lipinski definition) is 1. The van der Waals surface area contributed by atoms with E-state index in [-0.39, 0.29) is 5.56 Å². The summed E-state index contributed by atoms with van der Waals surface area (Å²) in [6.07, 6.45) is 0.900. The van der Waals surface area contributed by atoms with Crippen LogP contribution in [-0.2, 0) is 11.2 Å². The summed E-state index contributed by atoms with van der Waals surface area (Å²) in [5.74, 6) is -0.618. The van der Waals surface area contributed by atoms with Crippen LogP contribution in [0.25, 0.3) is 10.9 Å². The number of aryl methyl sites for hydroxylation is 1. The third kappa shape index (κ3) is 2.06. The zero-order valence-corrected chi connectivity index (χ0v) is 9.74. The predicted octanol–water partition coefficient (Wildman–Crippen LogP) is 1.88. The van der Waals surface area contributed by atoms with Gasteiger partial charge in [0, 0.05) is 5.52 Å². The number of benzene rings is 1. The van der Waals surface area contributed by atoms with Crippen molar-refractivity contribution in [3.63, 3.8) is 0 Å². The third-order valence-electron chi connectivity index (χ3n) is 2.72. The van der Waals surface area contributed by atoms with Crippen LogP contribution in [0.4, 0.5) is 0 Å². The van der Waals surface area contributed by atoms with Crippen LogP contribution in [0.1, 0.15) is 22.8 Å². The van der Waals surface area contributed by atoms with Gasteiger partial charge in [-0.25, -0.2) is 4.79 Å². The molecule has 17 heavy (non-hydrogen) atoms. The van der Waals surface area contributed by atoms with E-state index < -0.39 is 11.5 Å². The maximum absolute atomic E-state index is 11.7. The highest BCUT2D eigenvalue weighted by atomic mass is 16.5. The molecular weight excluding hydrogens is 218 g/mol. The zero-order valence-electron chi connectivity index (χ0n) is 9.74. The summed E-state index contributed by atoms with van der Waals surface area (Å²) in [5.41, 5.74) is 1.49. The van der Waals surface area contributed by atoms with Crippen molar-refractivity contribution in [3.8, 4) is 0 Å². The number of ether oxygens (including phenoxy) is 1. The van der Waals surface area contributed by atoms with Gasteiger partial charge in [0.25, 0.3) is 5.56 Å². The number of fused-ring (bicyclic) bond motifs is 1. The van der Waals surface area contributed by atoms with Crippen molar-refractivity contribution in [1.29, 1.82) is 0 Å². The lowest BCUT2D eigenvalue weighted by Crippen LogP contribution is -2.18. The number of rotatable bonds is 2. The first-order chi connectivity index (χ1) is 8.15. The van der Waals surface area contributed by atoms with Crippen LogP contribution in [0, 0.1) is 0 Å². The lowest BCUT2D eigenvalue weighted by Gasteiger charge is -2.03. The summed E-state index contributed by atoms with van der Waals surface area (Å²) in [6, 6.07) is 7.33. The molecular formula is C13H13NO3. The molecule has 1 aromatic carbocycles. The molecule has 0 amide bonds. The van der Waals surface area contributed by atoms with Crippen molar-refractivity contribution in [3.05, 3.63) is 45.7 Å². The first kappa shape index (κ1) is 11.4. The summed E-state index contributed by atoms with van der Waals surface area (Å²) in [5, 5.41) is 0.821. The Balaban J connectivity index is 2.66. The van der Waals surface area contributed by atoms with E-state index in [1.165, 1.54) is 7.11 Å². The Morgan fingerprint density at radius 1 is 1.35 bits per heavy atom. The SMILES string of the molecule is CCc1ccc2cc(C(=O)OC)c(=O)[nH]c2c1. The van der Waals surface area contributed by atoms with Gasteiger partial charge < -0.3 is 9.72 Å². The number of aromatic amines is 1. The molecule has 0 aliphatic heterocycles. The maximum atomic E-state index is 11.7. The molecule has 1 heterocycles. The number of nitrogens with one attached hydrogen (secondary N) is 1. The van der Waals surface area contributed by atoms with Gasteiger partial charge in [0.2, 0.25) is 0 Å². The summed E-state index contributed by atoms with van der Waals surface area (Å²) >= 11 is 0. The molecule has 1 N–H and O–H groups in total. The minimum absolute atomic E-state index is 0.0317. The molecule has 0 aliphatic rings. The van der Waals surface area contributed by atoms with Gasteiger partial charge in [-0.1, -0.05) is 19.1 Å². The van der Waals surface area contributed by atoms with E-state index in [0.29, 0.717) is 0 Å². The van der Waals surface area contributed by atoms with Crippen molar-refractivity contribution < 1.29 is 9.53 Å². The third-order valence-corrected chi connectivity index (χ3v) is 2.72. The van der Waals surface area contributed by atoms with E-state index >= 15 is 0 Å². The quantitative estimate of drug-likeness (QED) is 0.803. The molecule has 0 unspecified atom stereocenters. The van der Waals surface area contributed by atoms with Crippen LogP contribution in [0.15, 0.2) is 29.1 Å². The second-order valence-electron chi connectivity index (χ2n) is 3.78. The molecule has 1 aromatic heterocycles. The topological polar surface area (TPSA) is 59.2 Å². The molecule has 88 valence electrons. The highest BCUT2D eigenvalue weighted by Crippen LogP contribution is 2.14. The average Bonchev–Trinajstić information content (AvgIpc) is 2.36. The van der Waals surface area contributed by atoms with Gasteiger partial charge in [0.1, 0.15) is 5.56 Å². The number of methoxy groups -OCH3 is 1. The molecule has 0 spiro atoms. The Bertz CT molecular complexity index is 628. The second kappa shape index (κ2) is 4.41. The van der Waals surface area contributed by atoms with E-state index in [2.05, 4.69) is 9.72 Å². The molecule has 2 aromatic rings. The van der Waals surface area contributed by atoms with Crippen molar-refractivity contribution >= 4 is 16.9 Å². The molecule has 0 atom stereocenters. The number of H-pyrrole nitrogens is 1. The van der Waals surface area contributed by atoms with Crippen LogP contribution in [0.2, 0.25) is 0 Å². The molecule has 4 nitrogen and oxygen atoms in total. The van der Waals surface area contributed by atoms with Crippen LogP contribution >= 0.6 is 0 Å². The molecule has 0 bridgehead atoms. The van der Waals surface area contributed by atoms with Gasteiger partial charge in [-0.15, -0.1) is 0 Å². The van der Waals surface area contributed by atoms with E-state index in [1.54, 1.807) is 6.07 Å². The van der Waals surface area contributed by atoms with Gasteiger partial charge in [0.05, 0.1) is 7.11 Å². The highest BCUT2D eigenvalue weighted by Gasteiger charge is 2.11. The lowest BCUT2D eigenvalue weighted by atomic mass is 10.1. The first-order valence-corrected chi connectivity index (χ1v) is 5.40. The number of hydrogen-bond acceptors (Lipinski definition) is 3. The van der Waals surface area contributed by atoms with E-state index in [0.717, 1.165) is 22.9 Å². The van der Waals surface area contributed by atoms with Crippen molar-refractivity contribution in [1.82, 2.24) is 4.98 Å². The Hall–Kier alpha value is -2.10. The first-order valence-electron chi connectivity index (χ1n) is 5.40. The maximum Gasteiger partial charge on any atom is 0.343 e. The summed E-state index contributed by atoms with van der Waals surface area (Å²) in [6.45, 7) is 2.04. The van der Waals surface area contributed by atoms with E-state index in [9.17, 15) is 9.59 Å². The number of carbonyl (C=O) groups is 1. The number of aromatic nitrogens is 1. The summed E-state index contributed by atoms with van der Waals surface area (Å²) in [4.78, 5) is 25.7. The largest absolute Gasteiger partial charge is 0.465 e. The smallest absolute Gasteiger partial charge is 0.343 e. The van der Waals surface area contributed by atoms with Crippen molar-refractivity contribution in [2.24, 2.45) is 0 Å². The molecule has 2 rings (SSSR count). The summed E-state index contributed by atoms with van der Waals surface area (Å²) in [7, 11) is 1.26. The van der Waals surface area contributed by atoms with Crippen LogP contribution in [0.3, 0.4) is 0 Å². The normalized spacial score (nSPS) is 10.5. The lowest BCUT2D eigenvalue weighted by molar-refractivity contribution is 0.0599. The second-order valence-corrected chi connectivity index (χ2v) is 3.78. The molecule has 0 saturated carbocycles. The minimum atomic E-state index is -0.618. The van der Waals surface area contributed by atoms with Crippen LogP contribution in [-0.4, -0.2) is 18.1 Å². The van der Waals surface area contributed by atoms with Crippen molar-refractivity contribution in [2.75, 3.05) is 7.11 Å². The summed E-state index contributed by atoms with van der Waals surface area (Å²) < 4.78 is 4.55. The fraction of sp³-hybridized carbons (Fsp3) is 0.231. The fourth-order valence-corrected chi connectivity index (χ4v) is 1.73. The average molecular weight is 231 g/mol.